The first-order valence-corrected chi connectivity index (χ1v) is 11.6. The number of likely N-dealkylation sites (tertiary alicyclic amines) is 1. The third-order valence-electron chi connectivity index (χ3n) is 4.95. The number of carbonyl (C=O) groups is 1. The van der Waals surface area contributed by atoms with E-state index in [4.69, 9.17) is 0 Å². The van der Waals surface area contributed by atoms with Crippen molar-refractivity contribution in [3.63, 3.8) is 0 Å². The van der Waals surface area contributed by atoms with Crippen molar-refractivity contribution in [3.8, 4) is 0 Å². The molecule has 1 fully saturated rings. The van der Waals surface area contributed by atoms with Crippen LogP contribution in [0.5, 0.6) is 0 Å². The molecule has 0 bridgehead atoms. The lowest BCUT2D eigenvalue weighted by molar-refractivity contribution is -0.119. The molecule has 1 saturated heterocycles. The maximum atomic E-state index is 14.1. The van der Waals surface area contributed by atoms with Crippen molar-refractivity contribution < 1.29 is 22.0 Å². The van der Waals surface area contributed by atoms with Crippen LogP contribution in [0.2, 0.25) is 0 Å². The second kappa shape index (κ2) is 9.53. The number of hydrogen-bond donors (Lipinski definition) is 1. The first kappa shape index (κ1) is 22.2. The number of amides is 1. The van der Waals surface area contributed by atoms with Gasteiger partial charge < -0.3 is 5.32 Å². The summed E-state index contributed by atoms with van der Waals surface area (Å²) in [6, 6.07) is 10.4. The number of sulfonamides is 1. The molecule has 0 radical (unpaired) electrons. The summed E-state index contributed by atoms with van der Waals surface area (Å²) in [5.41, 5.74) is 1.66. The van der Waals surface area contributed by atoms with Gasteiger partial charge in [-0.1, -0.05) is 24.3 Å². The standard InChI is InChI=1S/C21H25F2N3O3S/c1-30(28,29)26(20-8-7-18(22)12-19(20)23)15-21(27)24-13-16-5-4-6-17(11-16)14-25-9-2-3-10-25/h4-8,11-12H,2-3,9-10,13-15H2,1H3,(H,24,27). The summed E-state index contributed by atoms with van der Waals surface area (Å²) in [6.07, 6.45) is 3.29. The van der Waals surface area contributed by atoms with Gasteiger partial charge in [0.2, 0.25) is 15.9 Å². The van der Waals surface area contributed by atoms with E-state index in [1.54, 1.807) is 0 Å². The second-order valence-corrected chi connectivity index (χ2v) is 9.35. The van der Waals surface area contributed by atoms with Crippen molar-refractivity contribution in [1.82, 2.24) is 10.2 Å². The molecule has 30 heavy (non-hydrogen) atoms. The SMILES string of the molecule is CS(=O)(=O)N(CC(=O)NCc1cccc(CN2CCCC2)c1)c1ccc(F)cc1F. The highest BCUT2D eigenvalue weighted by molar-refractivity contribution is 7.92. The molecule has 1 aliphatic heterocycles. The molecular weight excluding hydrogens is 412 g/mol. The summed E-state index contributed by atoms with van der Waals surface area (Å²) in [6.45, 7) is 2.64. The van der Waals surface area contributed by atoms with Crippen LogP contribution in [0.4, 0.5) is 14.5 Å². The molecule has 6 nitrogen and oxygen atoms in total. The maximum absolute atomic E-state index is 14.1. The number of nitrogens with zero attached hydrogens (tertiary/aromatic N) is 2. The van der Waals surface area contributed by atoms with Gasteiger partial charge in [-0.2, -0.15) is 0 Å². The highest BCUT2D eigenvalue weighted by Crippen LogP contribution is 2.22. The van der Waals surface area contributed by atoms with Crippen molar-refractivity contribution in [2.45, 2.75) is 25.9 Å². The minimum Gasteiger partial charge on any atom is -0.350 e. The van der Waals surface area contributed by atoms with Gasteiger partial charge in [-0.05, 0) is 49.2 Å². The van der Waals surface area contributed by atoms with Gasteiger partial charge in [0.15, 0.2) is 0 Å². The van der Waals surface area contributed by atoms with E-state index < -0.39 is 34.1 Å². The third-order valence-corrected chi connectivity index (χ3v) is 6.08. The molecule has 3 rings (SSSR count). The average Bonchev–Trinajstić information content (AvgIpc) is 3.17. The Balaban J connectivity index is 1.63. The molecular formula is C21H25F2N3O3S. The van der Waals surface area contributed by atoms with Gasteiger partial charge in [0, 0.05) is 19.2 Å². The number of carbonyl (C=O) groups excluding carboxylic acids is 1. The van der Waals surface area contributed by atoms with Gasteiger partial charge in [-0.3, -0.25) is 14.0 Å². The topological polar surface area (TPSA) is 69.7 Å². The second-order valence-electron chi connectivity index (χ2n) is 7.45. The molecule has 1 aliphatic rings. The van der Waals surface area contributed by atoms with Crippen molar-refractivity contribution in [1.29, 1.82) is 0 Å². The molecule has 0 atom stereocenters. The third kappa shape index (κ3) is 5.99. The fourth-order valence-electron chi connectivity index (χ4n) is 3.49. The van der Waals surface area contributed by atoms with Crippen LogP contribution < -0.4 is 9.62 Å². The fraction of sp³-hybridized carbons (Fsp3) is 0.381. The van der Waals surface area contributed by atoms with Gasteiger partial charge in [-0.15, -0.1) is 0 Å². The number of rotatable bonds is 8. The van der Waals surface area contributed by atoms with Crippen LogP contribution in [0.1, 0.15) is 24.0 Å². The quantitative estimate of drug-likeness (QED) is 0.689. The van der Waals surface area contributed by atoms with Gasteiger partial charge in [-0.25, -0.2) is 17.2 Å². The summed E-state index contributed by atoms with van der Waals surface area (Å²) < 4.78 is 52.0. The molecule has 0 aliphatic carbocycles. The summed E-state index contributed by atoms with van der Waals surface area (Å²) >= 11 is 0. The van der Waals surface area contributed by atoms with E-state index in [0.717, 1.165) is 49.1 Å². The van der Waals surface area contributed by atoms with Crippen molar-refractivity contribution in [2.75, 3.05) is 30.2 Å². The Morgan fingerprint density at radius 1 is 1.10 bits per heavy atom. The number of benzene rings is 2. The van der Waals surface area contributed by atoms with Crippen LogP contribution >= 0.6 is 0 Å². The zero-order valence-electron chi connectivity index (χ0n) is 16.8. The monoisotopic (exact) mass is 437 g/mol. The first-order valence-electron chi connectivity index (χ1n) is 9.72. The zero-order valence-corrected chi connectivity index (χ0v) is 17.6. The van der Waals surface area contributed by atoms with E-state index in [9.17, 15) is 22.0 Å². The predicted molar refractivity (Wildman–Crippen MR) is 111 cm³/mol. The summed E-state index contributed by atoms with van der Waals surface area (Å²) in [5, 5.41) is 2.67. The van der Waals surface area contributed by atoms with Crippen molar-refractivity contribution in [2.24, 2.45) is 0 Å². The van der Waals surface area contributed by atoms with E-state index in [0.29, 0.717) is 10.4 Å². The Morgan fingerprint density at radius 2 is 1.80 bits per heavy atom. The van der Waals surface area contributed by atoms with E-state index in [2.05, 4.69) is 10.2 Å². The minimum absolute atomic E-state index is 0.218. The minimum atomic E-state index is -3.95. The largest absolute Gasteiger partial charge is 0.350 e. The number of nitrogens with one attached hydrogen (secondary N) is 1. The molecule has 1 amide bonds. The van der Waals surface area contributed by atoms with Crippen LogP contribution in [0.3, 0.4) is 0 Å². The number of anilines is 1. The van der Waals surface area contributed by atoms with Crippen LogP contribution in [0.25, 0.3) is 0 Å². The van der Waals surface area contributed by atoms with E-state index in [1.807, 2.05) is 24.3 Å². The van der Waals surface area contributed by atoms with Gasteiger partial charge in [0.25, 0.3) is 0 Å². The Labute approximate surface area is 175 Å². The number of hydrogen-bond acceptors (Lipinski definition) is 4. The maximum Gasteiger partial charge on any atom is 0.241 e. The molecule has 9 heteroatoms. The molecule has 1 heterocycles. The highest BCUT2D eigenvalue weighted by atomic mass is 32.2. The van der Waals surface area contributed by atoms with Crippen LogP contribution in [0, 0.1) is 11.6 Å². The Kier molecular flexibility index (Phi) is 7.04. The van der Waals surface area contributed by atoms with Gasteiger partial charge >= 0.3 is 0 Å². The molecule has 2 aromatic rings. The van der Waals surface area contributed by atoms with Gasteiger partial charge in [0.05, 0.1) is 11.9 Å². The van der Waals surface area contributed by atoms with Crippen LogP contribution in [-0.4, -0.2) is 45.1 Å². The molecule has 0 spiro atoms. The molecule has 0 unspecified atom stereocenters. The van der Waals surface area contributed by atoms with Crippen LogP contribution in [0.15, 0.2) is 42.5 Å². The zero-order chi connectivity index (χ0) is 21.7. The molecule has 0 saturated carbocycles. The fourth-order valence-corrected chi connectivity index (χ4v) is 4.35. The molecule has 0 aromatic heterocycles. The van der Waals surface area contributed by atoms with Crippen molar-refractivity contribution >= 4 is 21.6 Å². The molecule has 162 valence electrons. The molecule has 1 N–H and O–H groups in total. The summed E-state index contributed by atoms with van der Waals surface area (Å²) in [4.78, 5) is 14.7. The lowest BCUT2D eigenvalue weighted by atomic mass is 10.1. The predicted octanol–water partition coefficient (Wildman–Crippen LogP) is 2.64. The summed E-state index contributed by atoms with van der Waals surface area (Å²) in [7, 11) is -3.95. The smallest absolute Gasteiger partial charge is 0.241 e. The van der Waals surface area contributed by atoms with E-state index in [1.165, 1.54) is 12.8 Å². The lowest BCUT2D eigenvalue weighted by Gasteiger charge is -2.22. The summed E-state index contributed by atoms with van der Waals surface area (Å²) in [5.74, 6) is -2.47. The Hall–Kier alpha value is -2.52. The Morgan fingerprint density at radius 3 is 2.47 bits per heavy atom. The van der Waals surface area contributed by atoms with E-state index in [-0.39, 0.29) is 12.2 Å². The lowest BCUT2D eigenvalue weighted by Crippen LogP contribution is -2.40. The van der Waals surface area contributed by atoms with Crippen molar-refractivity contribution in [3.05, 3.63) is 65.2 Å². The first-order chi connectivity index (χ1) is 14.2. The normalized spacial score (nSPS) is 14.6. The Bertz CT molecular complexity index is 1010. The van der Waals surface area contributed by atoms with E-state index >= 15 is 0 Å². The van der Waals surface area contributed by atoms with Gasteiger partial charge in [0.1, 0.15) is 18.2 Å². The highest BCUT2D eigenvalue weighted by Gasteiger charge is 2.24. The number of halogens is 2. The average molecular weight is 438 g/mol. The van der Waals surface area contributed by atoms with Crippen LogP contribution in [-0.2, 0) is 27.9 Å². The molecule has 2 aromatic carbocycles.